The predicted octanol–water partition coefficient (Wildman–Crippen LogP) is 3.52. The molecule has 0 saturated carbocycles. The zero-order valence-electron chi connectivity index (χ0n) is 11.0. The number of rotatable bonds is 4. The maximum atomic E-state index is 10.9. The lowest BCUT2D eigenvalue weighted by Crippen LogP contribution is -2.28. The van der Waals surface area contributed by atoms with Crippen LogP contribution in [-0.4, -0.2) is 16.2 Å². The van der Waals surface area contributed by atoms with E-state index in [1.165, 1.54) is 18.2 Å². The zero-order chi connectivity index (χ0) is 15.2. The number of hydrogen-bond acceptors (Lipinski definition) is 2. The van der Waals surface area contributed by atoms with Crippen LogP contribution in [0, 0.1) is 0 Å². The Kier molecular flexibility index (Phi) is 5.14. The van der Waals surface area contributed by atoms with E-state index in [-0.39, 0.29) is 5.56 Å². The minimum absolute atomic E-state index is 0.146. The van der Waals surface area contributed by atoms with Gasteiger partial charge in [-0.2, -0.15) is 0 Å². The lowest BCUT2D eigenvalue weighted by atomic mass is 10.2. The Labute approximate surface area is 132 Å². The third-order valence-corrected chi connectivity index (χ3v) is 3.33. The fraction of sp³-hybridized carbons (Fsp3) is 0.0667. The van der Waals surface area contributed by atoms with Crippen LogP contribution in [0.25, 0.3) is 0 Å². The Balaban J connectivity index is 1.99. The van der Waals surface area contributed by atoms with Crippen LogP contribution in [0.1, 0.15) is 15.9 Å². The quantitative estimate of drug-likeness (QED) is 0.752. The van der Waals surface area contributed by atoms with Gasteiger partial charge in [0.15, 0.2) is 5.11 Å². The van der Waals surface area contributed by atoms with E-state index in [2.05, 4.69) is 10.6 Å². The maximum Gasteiger partial charge on any atom is 0.335 e. The van der Waals surface area contributed by atoms with Gasteiger partial charge in [0, 0.05) is 6.54 Å². The Morgan fingerprint density at radius 2 is 1.90 bits per heavy atom. The van der Waals surface area contributed by atoms with Crippen molar-refractivity contribution < 1.29 is 9.90 Å². The number of carboxylic acid groups (broad SMARTS) is 1. The third kappa shape index (κ3) is 4.44. The van der Waals surface area contributed by atoms with E-state index in [1.807, 2.05) is 30.3 Å². The molecule has 3 N–H and O–H groups in total. The number of thiocarbonyl (C=S) groups is 1. The molecule has 0 aromatic heterocycles. The number of aromatic carboxylic acids is 1. The van der Waals surface area contributed by atoms with E-state index >= 15 is 0 Å². The largest absolute Gasteiger partial charge is 0.478 e. The van der Waals surface area contributed by atoms with Crippen molar-refractivity contribution in [2.45, 2.75) is 6.54 Å². The van der Waals surface area contributed by atoms with E-state index in [4.69, 9.17) is 28.9 Å². The van der Waals surface area contributed by atoms with Gasteiger partial charge in [0.25, 0.3) is 0 Å². The van der Waals surface area contributed by atoms with E-state index in [9.17, 15) is 4.79 Å². The van der Waals surface area contributed by atoms with Gasteiger partial charge in [0.05, 0.1) is 16.3 Å². The second kappa shape index (κ2) is 7.06. The van der Waals surface area contributed by atoms with Crippen molar-refractivity contribution in [1.82, 2.24) is 5.32 Å². The lowest BCUT2D eigenvalue weighted by Gasteiger charge is -2.12. The van der Waals surface area contributed by atoms with Crippen molar-refractivity contribution in [2.24, 2.45) is 0 Å². The van der Waals surface area contributed by atoms with Crippen molar-refractivity contribution in [3.05, 3.63) is 64.7 Å². The summed E-state index contributed by atoms with van der Waals surface area (Å²) in [4.78, 5) is 10.9. The maximum absolute atomic E-state index is 10.9. The summed E-state index contributed by atoms with van der Waals surface area (Å²) in [6.07, 6.45) is 0. The monoisotopic (exact) mass is 320 g/mol. The van der Waals surface area contributed by atoms with Crippen molar-refractivity contribution in [3.63, 3.8) is 0 Å². The molecule has 0 fully saturated rings. The van der Waals surface area contributed by atoms with Gasteiger partial charge in [-0.15, -0.1) is 0 Å². The van der Waals surface area contributed by atoms with E-state index < -0.39 is 5.97 Å². The first-order valence-corrected chi connectivity index (χ1v) is 6.96. The molecule has 21 heavy (non-hydrogen) atoms. The molecule has 0 radical (unpaired) electrons. The van der Waals surface area contributed by atoms with Crippen LogP contribution < -0.4 is 10.6 Å². The second-order valence-corrected chi connectivity index (χ2v) is 5.11. The molecule has 0 atom stereocenters. The molecule has 0 spiro atoms. The van der Waals surface area contributed by atoms with Crippen LogP contribution in [0.3, 0.4) is 0 Å². The summed E-state index contributed by atoms with van der Waals surface area (Å²) in [6, 6.07) is 14.2. The lowest BCUT2D eigenvalue weighted by molar-refractivity contribution is 0.0697. The van der Waals surface area contributed by atoms with Gasteiger partial charge in [0.2, 0.25) is 0 Å². The summed E-state index contributed by atoms with van der Waals surface area (Å²) in [7, 11) is 0. The van der Waals surface area contributed by atoms with Crippen LogP contribution in [0.15, 0.2) is 48.5 Å². The van der Waals surface area contributed by atoms with Gasteiger partial charge in [-0.1, -0.05) is 41.9 Å². The SMILES string of the molecule is O=C(O)c1ccc(Cl)c(NC(=S)NCc2ccccc2)c1. The molecule has 2 aromatic rings. The molecule has 0 aliphatic carbocycles. The number of carboxylic acids is 1. The Hall–Kier alpha value is -2.11. The molecule has 0 heterocycles. The molecule has 0 aliphatic rings. The minimum Gasteiger partial charge on any atom is -0.478 e. The van der Waals surface area contributed by atoms with Gasteiger partial charge in [-0.05, 0) is 36.0 Å². The zero-order valence-corrected chi connectivity index (χ0v) is 12.5. The summed E-state index contributed by atoms with van der Waals surface area (Å²) in [5.74, 6) is -1.02. The van der Waals surface area contributed by atoms with Crippen LogP contribution in [0.4, 0.5) is 5.69 Å². The van der Waals surface area contributed by atoms with Crippen molar-refractivity contribution in [3.8, 4) is 0 Å². The molecule has 2 rings (SSSR count). The van der Waals surface area contributed by atoms with Crippen LogP contribution in [-0.2, 0) is 6.54 Å². The van der Waals surface area contributed by atoms with E-state index in [0.29, 0.717) is 22.4 Å². The summed E-state index contributed by atoms with van der Waals surface area (Å²) in [5, 5.41) is 15.7. The van der Waals surface area contributed by atoms with Crippen LogP contribution in [0.2, 0.25) is 5.02 Å². The fourth-order valence-corrected chi connectivity index (χ4v) is 2.05. The summed E-state index contributed by atoms with van der Waals surface area (Å²) in [5.41, 5.74) is 1.70. The standard InChI is InChI=1S/C15H13ClN2O2S/c16-12-7-6-11(14(19)20)8-13(12)18-15(21)17-9-10-4-2-1-3-5-10/h1-8H,9H2,(H,19,20)(H2,17,18,21). The number of benzene rings is 2. The molecule has 2 aromatic carbocycles. The van der Waals surface area contributed by atoms with Crippen molar-refractivity contribution >= 4 is 40.6 Å². The average Bonchev–Trinajstić information content (AvgIpc) is 2.48. The number of anilines is 1. The summed E-state index contributed by atoms with van der Waals surface area (Å²) >= 11 is 11.2. The molecular formula is C15H13ClN2O2S. The van der Waals surface area contributed by atoms with Crippen LogP contribution >= 0.6 is 23.8 Å². The third-order valence-electron chi connectivity index (χ3n) is 2.76. The number of hydrogen-bond donors (Lipinski definition) is 3. The molecular weight excluding hydrogens is 308 g/mol. The molecule has 0 amide bonds. The smallest absolute Gasteiger partial charge is 0.335 e. The van der Waals surface area contributed by atoms with E-state index in [1.54, 1.807) is 0 Å². The number of halogens is 1. The number of nitrogens with one attached hydrogen (secondary N) is 2. The fourth-order valence-electron chi connectivity index (χ4n) is 1.70. The molecule has 0 saturated heterocycles. The first kappa shape index (κ1) is 15.3. The highest BCUT2D eigenvalue weighted by Gasteiger charge is 2.08. The molecule has 0 aliphatic heterocycles. The van der Waals surface area contributed by atoms with Crippen molar-refractivity contribution in [1.29, 1.82) is 0 Å². The Morgan fingerprint density at radius 3 is 2.57 bits per heavy atom. The predicted molar refractivity (Wildman–Crippen MR) is 87.9 cm³/mol. The van der Waals surface area contributed by atoms with E-state index in [0.717, 1.165) is 5.56 Å². The van der Waals surface area contributed by atoms with Crippen molar-refractivity contribution in [2.75, 3.05) is 5.32 Å². The summed E-state index contributed by atoms with van der Waals surface area (Å²) in [6.45, 7) is 0.572. The van der Waals surface area contributed by atoms with Gasteiger partial charge >= 0.3 is 5.97 Å². The number of carbonyl (C=O) groups is 1. The summed E-state index contributed by atoms with van der Waals surface area (Å²) < 4.78 is 0. The highest BCUT2D eigenvalue weighted by molar-refractivity contribution is 7.80. The van der Waals surface area contributed by atoms with Gasteiger partial charge in [0.1, 0.15) is 0 Å². The molecule has 108 valence electrons. The first-order chi connectivity index (χ1) is 10.1. The van der Waals surface area contributed by atoms with Gasteiger partial charge < -0.3 is 15.7 Å². The average molecular weight is 321 g/mol. The molecule has 0 bridgehead atoms. The second-order valence-electron chi connectivity index (χ2n) is 4.29. The minimum atomic E-state index is -1.02. The van der Waals surface area contributed by atoms with Gasteiger partial charge in [-0.25, -0.2) is 4.79 Å². The highest BCUT2D eigenvalue weighted by Crippen LogP contribution is 2.23. The molecule has 0 unspecified atom stereocenters. The normalized spacial score (nSPS) is 9.95. The first-order valence-electron chi connectivity index (χ1n) is 6.18. The Morgan fingerprint density at radius 1 is 1.19 bits per heavy atom. The highest BCUT2D eigenvalue weighted by atomic mass is 35.5. The van der Waals surface area contributed by atoms with Gasteiger partial charge in [-0.3, -0.25) is 0 Å². The van der Waals surface area contributed by atoms with Crippen LogP contribution in [0.5, 0.6) is 0 Å². The molecule has 6 heteroatoms. The topological polar surface area (TPSA) is 61.4 Å². The molecule has 4 nitrogen and oxygen atoms in total. The Bertz CT molecular complexity index is 662.